The summed E-state index contributed by atoms with van der Waals surface area (Å²) < 4.78 is 0. The summed E-state index contributed by atoms with van der Waals surface area (Å²) >= 11 is 1.63. The van der Waals surface area contributed by atoms with Gasteiger partial charge in [-0.1, -0.05) is 6.07 Å². The number of aromatic nitrogens is 2. The third kappa shape index (κ3) is 3.96. The molecular weight excluding hydrogens is 344 g/mol. The van der Waals surface area contributed by atoms with Gasteiger partial charge >= 0.3 is 0 Å². The molecule has 1 saturated heterocycles. The van der Waals surface area contributed by atoms with Crippen molar-refractivity contribution in [1.29, 1.82) is 0 Å². The minimum atomic E-state index is -0.00346. The van der Waals surface area contributed by atoms with Crippen molar-refractivity contribution in [1.82, 2.24) is 15.3 Å². The summed E-state index contributed by atoms with van der Waals surface area (Å²) in [5.41, 5.74) is 2.58. The molecule has 0 spiro atoms. The van der Waals surface area contributed by atoms with Crippen molar-refractivity contribution >= 4 is 29.1 Å². The number of piperidine rings is 1. The SMILES string of the molecule is O=C(/C=C/c1cccs1)NC1CCN(c2ncnc3c2CCCC3)CC1. The van der Waals surface area contributed by atoms with Crippen LogP contribution in [0.5, 0.6) is 0 Å². The van der Waals surface area contributed by atoms with Crippen LogP contribution in [-0.4, -0.2) is 35.0 Å². The average Bonchev–Trinajstić information content (AvgIpc) is 3.20. The van der Waals surface area contributed by atoms with Crippen LogP contribution >= 0.6 is 11.3 Å². The number of hydrogen-bond acceptors (Lipinski definition) is 5. The fourth-order valence-electron chi connectivity index (χ4n) is 3.81. The smallest absolute Gasteiger partial charge is 0.244 e. The summed E-state index contributed by atoms with van der Waals surface area (Å²) in [5.74, 6) is 1.12. The van der Waals surface area contributed by atoms with E-state index in [-0.39, 0.29) is 11.9 Å². The largest absolute Gasteiger partial charge is 0.356 e. The zero-order valence-corrected chi connectivity index (χ0v) is 15.7. The molecule has 2 aromatic heterocycles. The highest BCUT2D eigenvalue weighted by Crippen LogP contribution is 2.28. The third-order valence-electron chi connectivity index (χ3n) is 5.19. The van der Waals surface area contributed by atoms with E-state index in [1.165, 1.54) is 24.1 Å². The molecule has 0 bridgehead atoms. The minimum absolute atomic E-state index is 0.00346. The maximum Gasteiger partial charge on any atom is 0.244 e. The number of amides is 1. The monoisotopic (exact) mass is 368 g/mol. The third-order valence-corrected chi connectivity index (χ3v) is 6.02. The first-order chi connectivity index (χ1) is 12.8. The molecule has 0 radical (unpaired) electrons. The number of anilines is 1. The van der Waals surface area contributed by atoms with E-state index in [1.54, 1.807) is 23.7 Å². The van der Waals surface area contributed by atoms with E-state index in [1.807, 2.05) is 23.6 Å². The fourth-order valence-corrected chi connectivity index (χ4v) is 4.42. The quantitative estimate of drug-likeness (QED) is 0.842. The van der Waals surface area contributed by atoms with Crippen LogP contribution in [0.15, 0.2) is 29.9 Å². The van der Waals surface area contributed by atoms with Gasteiger partial charge in [0.25, 0.3) is 0 Å². The van der Waals surface area contributed by atoms with Crippen LogP contribution in [-0.2, 0) is 17.6 Å². The van der Waals surface area contributed by atoms with Crippen molar-refractivity contribution in [3.05, 3.63) is 46.1 Å². The lowest BCUT2D eigenvalue weighted by molar-refractivity contribution is -0.117. The molecule has 0 saturated carbocycles. The molecule has 1 aliphatic carbocycles. The summed E-state index contributed by atoms with van der Waals surface area (Å²) in [5, 5.41) is 5.15. The molecule has 1 fully saturated rings. The number of carbonyl (C=O) groups is 1. The van der Waals surface area contributed by atoms with Gasteiger partial charge in [-0.3, -0.25) is 4.79 Å². The predicted molar refractivity (Wildman–Crippen MR) is 105 cm³/mol. The molecule has 2 aliphatic rings. The Kier molecular flexibility index (Phi) is 5.29. The molecule has 6 heteroatoms. The standard InChI is InChI=1S/C20H24N4OS/c25-19(8-7-16-4-3-13-26-16)23-15-9-11-24(12-10-15)20-17-5-1-2-6-18(17)21-14-22-20/h3-4,7-8,13-15H,1-2,5-6,9-12H2,(H,23,25)/b8-7+. The van der Waals surface area contributed by atoms with Crippen molar-refractivity contribution in [2.45, 2.75) is 44.6 Å². The van der Waals surface area contributed by atoms with E-state index < -0.39 is 0 Å². The lowest BCUT2D eigenvalue weighted by atomic mass is 9.95. The second-order valence-electron chi connectivity index (χ2n) is 6.95. The summed E-state index contributed by atoms with van der Waals surface area (Å²) in [4.78, 5) is 24.6. The first-order valence-corrected chi connectivity index (χ1v) is 10.3. The highest BCUT2D eigenvalue weighted by Gasteiger charge is 2.24. The van der Waals surface area contributed by atoms with Gasteiger partial charge in [-0.25, -0.2) is 9.97 Å². The van der Waals surface area contributed by atoms with Crippen molar-refractivity contribution in [3.8, 4) is 0 Å². The Labute approximate surface area is 158 Å². The fraction of sp³-hybridized carbons (Fsp3) is 0.450. The summed E-state index contributed by atoms with van der Waals surface area (Å²) in [7, 11) is 0. The molecule has 0 unspecified atom stereocenters. The van der Waals surface area contributed by atoms with E-state index >= 15 is 0 Å². The van der Waals surface area contributed by atoms with Crippen LogP contribution in [0.2, 0.25) is 0 Å². The second-order valence-corrected chi connectivity index (χ2v) is 7.93. The number of carbonyl (C=O) groups excluding carboxylic acids is 1. The van der Waals surface area contributed by atoms with Crippen LogP contribution in [0.25, 0.3) is 6.08 Å². The molecule has 26 heavy (non-hydrogen) atoms. The number of aryl methyl sites for hydroxylation is 1. The first kappa shape index (κ1) is 17.2. The Morgan fingerprint density at radius 3 is 2.88 bits per heavy atom. The van der Waals surface area contributed by atoms with Crippen LogP contribution in [0.1, 0.15) is 41.8 Å². The number of hydrogen-bond donors (Lipinski definition) is 1. The molecule has 3 heterocycles. The van der Waals surface area contributed by atoms with Gasteiger partial charge in [-0.15, -0.1) is 11.3 Å². The molecule has 1 N–H and O–H groups in total. The van der Waals surface area contributed by atoms with Gasteiger partial charge in [0, 0.05) is 41.3 Å². The minimum Gasteiger partial charge on any atom is -0.356 e. The lowest BCUT2D eigenvalue weighted by Crippen LogP contribution is -2.45. The van der Waals surface area contributed by atoms with Gasteiger partial charge in [0.2, 0.25) is 5.91 Å². The second kappa shape index (κ2) is 7.99. The zero-order valence-electron chi connectivity index (χ0n) is 14.9. The van der Waals surface area contributed by atoms with Crippen LogP contribution in [0.3, 0.4) is 0 Å². The van der Waals surface area contributed by atoms with Crippen molar-refractivity contribution in [3.63, 3.8) is 0 Å². The number of rotatable bonds is 4. The van der Waals surface area contributed by atoms with E-state index in [9.17, 15) is 4.79 Å². The normalized spacial score (nSPS) is 18.1. The number of thiophene rings is 1. The molecule has 4 rings (SSSR count). The van der Waals surface area contributed by atoms with Gasteiger partial charge in [0.1, 0.15) is 12.1 Å². The lowest BCUT2D eigenvalue weighted by Gasteiger charge is -2.34. The zero-order chi connectivity index (χ0) is 17.8. The average molecular weight is 369 g/mol. The molecule has 1 aliphatic heterocycles. The van der Waals surface area contributed by atoms with Crippen molar-refractivity contribution in [2.75, 3.05) is 18.0 Å². The highest BCUT2D eigenvalue weighted by molar-refractivity contribution is 7.10. The Morgan fingerprint density at radius 1 is 1.23 bits per heavy atom. The van der Waals surface area contributed by atoms with Gasteiger partial charge < -0.3 is 10.2 Å². The summed E-state index contributed by atoms with van der Waals surface area (Å²) in [6, 6.07) is 4.24. The molecule has 136 valence electrons. The maximum absolute atomic E-state index is 12.1. The summed E-state index contributed by atoms with van der Waals surface area (Å²) in [6.07, 6.45) is 11.8. The van der Waals surface area contributed by atoms with E-state index in [4.69, 9.17) is 0 Å². The molecule has 2 aromatic rings. The van der Waals surface area contributed by atoms with Crippen molar-refractivity contribution in [2.24, 2.45) is 0 Å². The van der Waals surface area contributed by atoms with Crippen LogP contribution in [0, 0.1) is 0 Å². The molecule has 0 aromatic carbocycles. The predicted octanol–water partition coefficient (Wildman–Crippen LogP) is 3.22. The number of nitrogens with zero attached hydrogens (tertiary/aromatic N) is 3. The van der Waals surface area contributed by atoms with E-state index in [0.717, 1.165) is 49.5 Å². The maximum atomic E-state index is 12.1. The van der Waals surface area contributed by atoms with Crippen LogP contribution < -0.4 is 10.2 Å². The Morgan fingerprint density at radius 2 is 2.08 bits per heavy atom. The van der Waals surface area contributed by atoms with E-state index in [0.29, 0.717) is 0 Å². The first-order valence-electron chi connectivity index (χ1n) is 9.39. The Balaban J connectivity index is 1.32. The number of nitrogens with one attached hydrogen (secondary N) is 1. The van der Waals surface area contributed by atoms with Gasteiger partial charge in [0.15, 0.2) is 0 Å². The topological polar surface area (TPSA) is 58.1 Å². The van der Waals surface area contributed by atoms with Gasteiger partial charge in [0.05, 0.1) is 0 Å². The summed E-state index contributed by atoms with van der Waals surface area (Å²) in [6.45, 7) is 1.87. The van der Waals surface area contributed by atoms with E-state index in [2.05, 4.69) is 20.2 Å². The Bertz CT molecular complexity index is 779. The molecular formula is C20H24N4OS. The van der Waals surface area contributed by atoms with Gasteiger partial charge in [-0.2, -0.15) is 0 Å². The molecule has 1 amide bonds. The number of fused-ring (bicyclic) bond motifs is 1. The van der Waals surface area contributed by atoms with Gasteiger partial charge in [-0.05, 0) is 56.0 Å². The highest BCUT2D eigenvalue weighted by atomic mass is 32.1. The molecule has 0 atom stereocenters. The van der Waals surface area contributed by atoms with Crippen molar-refractivity contribution < 1.29 is 4.79 Å². The molecule has 5 nitrogen and oxygen atoms in total. The van der Waals surface area contributed by atoms with Crippen LogP contribution in [0.4, 0.5) is 5.82 Å². The Hall–Kier alpha value is -2.21.